The molecule has 0 aromatic rings. The van der Waals surface area contributed by atoms with E-state index in [0.717, 1.165) is 6.26 Å². The molecule has 0 amide bonds. The van der Waals surface area contributed by atoms with Crippen molar-refractivity contribution in [1.29, 1.82) is 0 Å². The van der Waals surface area contributed by atoms with Crippen molar-refractivity contribution in [3.63, 3.8) is 0 Å². The molecule has 0 saturated carbocycles. The van der Waals surface area contributed by atoms with E-state index in [2.05, 4.69) is 11.8 Å². The third-order valence-electron chi connectivity index (χ3n) is 0.140. The fourth-order valence-electron chi connectivity index (χ4n) is 0. The van der Waals surface area contributed by atoms with Gasteiger partial charge in [-0.1, -0.05) is 0 Å². The van der Waals surface area contributed by atoms with Gasteiger partial charge >= 0.3 is 29.6 Å². The molecule has 0 saturated heterocycles. The Bertz CT molecular complexity index is 120. The Kier molecular flexibility index (Phi) is 6.50. The molecule has 0 unspecified atom stereocenters. The summed E-state index contributed by atoms with van der Waals surface area (Å²) in [6, 6.07) is 0. The first-order chi connectivity index (χ1) is 2.56. The van der Waals surface area contributed by atoms with Crippen LogP contribution < -0.4 is 33.8 Å². The summed E-state index contributed by atoms with van der Waals surface area (Å²) in [5.41, 5.74) is 0. The molecule has 0 bridgehead atoms. The summed E-state index contributed by atoms with van der Waals surface area (Å²) in [6.45, 7) is 0. The predicted octanol–water partition coefficient (Wildman–Crippen LogP) is -3.31. The normalized spacial score (nSPS) is 10.0. The van der Waals surface area contributed by atoms with Gasteiger partial charge in [0, 0.05) is 0 Å². The number of nitrogens with one attached hydrogen (secondary N) is 1. The van der Waals surface area contributed by atoms with Gasteiger partial charge in [0.15, 0.2) is 0 Å². The Morgan fingerprint density at radius 3 is 1.71 bits per heavy atom. The number of halogens is 1. The van der Waals surface area contributed by atoms with E-state index in [9.17, 15) is 8.42 Å². The van der Waals surface area contributed by atoms with Crippen LogP contribution in [0, 0.1) is 0 Å². The van der Waals surface area contributed by atoms with Crippen LogP contribution in [0.1, 0.15) is 0 Å². The van der Waals surface area contributed by atoms with E-state index < -0.39 is 10.0 Å². The van der Waals surface area contributed by atoms with Gasteiger partial charge in [0.2, 0.25) is 10.0 Å². The standard InChI is InChI=1S/CH4ClNO2S.Na/c1-6(4,5)3-2;/h3H,1H3;/q;+1. The smallest absolute Gasteiger partial charge is 0.212 e. The van der Waals surface area contributed by atoms with Crippen molar-refractivity contribution in [1.82, 2.24) is 4.24 Å². The third kappa shape index (κ3) is 11.0. The minimum atomic E-state index is -3.15. The summed E-state index contributed by atoms with van der Waals surface area (Å²) in [5.74, 6) is 0. The molecule has 0 aliphatic rings. The van der Waals surface area contributed by atoms with Gasteiger partial charge in [0.05, 0.1) is 6.26 Å². The second-order valence-corrected chi connectivity index (χ2v) is 3.01. The van der Waals surface area contributed by atoms with Gasteiger partial charge in [-0.05, 0) is 11.8 Å². The number of sulfonamides is 1. The summed E-state index contributed by atoms with van der Waals surface area (Å²) in [4.78, 5) is 0. The first-order valence-corrected chi connectivity index (χ1v) is 3.40. The van der Waals surface area contributed by atoms with Crippen LogP contribution in [0.4, 0.5) is 0 Å². The largest absolute Gasteiger partial charge is 1.00 e. The van der Waals surface area contributed by atoms with Gasteiger partial charge in [0.1, 0.15) is 0 Å². The summed E-state index contributed by atoms with van der Waals surface area (Å²) in [7, 11) is -3.15. The Balaban J connectivity index is 0. The summed E-state index contributed by atoms with van der Waals surface area (Å²) in [5, 5.41) is 0. The number of rotatable bonds is 1. The summed E-state index contributed by atoms with van der Waals surface area (Å²) in [6.07, 6.45) is 0.972. The van der Waals surface area contributed by atoms with Crippen LogP contribution in [-0.4, -0.2) is 14.7 Å². The van der Waals surface area contributed by atoms with Crippen molar-refractivity contribution >= 4 is 21.8 Å². The Hall–Kier alpha value is 1.20. The van der Waals surface area contributed by atoms with E-state index in [1.165, 1.54) is 0 Å². The zero-order chi connectivity index (χ0) is 5.21. The number of hydrogen-bond donors (Lipinski definition) is 1. The minimum Gasteiger partial charge on any atom is -0.212 e. The zero-order valence-corrected chi connectivity index (χ0v) is 7.68. The summed E-state index contributed by atoms with van der Waals surface area (Å²) >= 11 is 4.64. The zero-order valence-electron chi connectivity index (χ0n) is 4.10. The van der Waals surface area contributed by atoms with Crippen molar-refractivity contribution in [2.24, 2.45) is 0 Å². The maximum absolute atomic E-state index is 9.76. The second kappa shape index (κ2) is 4.12. The van der Waals surface area contributed by atoms with E-state index in [1.807, 2.05) is 0 Å². The SMILES string of the molecule is CS(=O)(=O)NCl.[Na+]. The molecule has 7 heavy (non-hydrogen) atoms. The van der Waals surface area contributed by atoms with Gasteiger partial charge in [0.25, 0.3) is 0 Å². The number of hydrogen-bond acceptors (Lipinski definition) is 2. The molecule has 38 valence electrons. The molecular weight excluding hydrogens is 149 g/mol. The van der Waals surface area contributed by atoms with E-state index in [1.54, 1.807) is 4.24 Å². The van der Waals surface area contributed by atoms with Gasteiger partial charge in [-0.3, -0.25) is 0 Å². The first-order valence-electron chi connectivity index (χ1n) is 1.13. The van der Waals surface area contributed by atoms with Crippen molar-refractivity contribution in [2.45, 2.75) is 0 Å². The van der Waals surface area contributed by atoms with E-state index in [0.29, 0.717) is 0 Å². The fourth-order valence-corrected chi connectivity index (χ4v) is 0. The molecule has 0 aromatic carbocycles. The average Bonchev–Trinajstić information content (AvgIpc) is 1.35. The van der Waals surface area contributed by atoms with Crippen LogP contribution in [-0.2, 0) is 10.0 Å². The molecule has 3 nitrogen and oxygen atoms in total. The molecule has 0 fully saturated rings. The Morgan fingerprint density at radius 1 is 1.57 bits per heavy atom. The third-order valence-corrected chi connectivity index (χ3v) is 1.26. The second-order valence-electron chi connectivity index (χ2n) is 0.849. The molecule has 0 spiro atoms. The van der Waals surface area contributed by atoms with Crippen molar-refractivity contribution in [3.05, 3.63) is 0 Å². The van der Waals surface area contributed by atoms with Crippen molar-refractivity contribution in [3.8, 4) is 0 Å². The van der Waals surface area contributed by atoms with Gasteiger partial charge in [-0.25, -0.2) is 8.42 Å². The van der Waals surface area contributed by atoms with Crippen LogP contribution >= 0.6 is 11.8 Å². The first kappa shape index (κ1) is 11.1. The van der Waals surface area contributed by atoms with Crippen LogP contribution in [0.2, 0.25) is 0 Å². The van der Waals surface area contributed by atoms with Gasteiger partial charge in [-0.15, -0.1) is 4.24 Å². The molecule has 0 aliphatic carbocycles. The molecule has 6 heteroatoms. The molecule has 0 aromatic heterocycles. The monoisotopic (exact) mass is 152 g/mol. The molecule has 0 aliphatic heterocycles. The Morgan fingerprint density at radius 2 is 1.71 bits per heavy atom. The summed E-state index contributed by atoms with van der Waals surface area (Å²) < 4.78 is 21.1. The maximum atomic E-state index is 9.76. The van der Waals surface area contributed by atoms with Crippen LogP contribution in [0.15, 0.2) is 0 Å². The van der Waals surface area contributed by atoms with E-state index in [4.69, 9.17) is 0 Å². The fraction of sp³-hybridized carbons (Fsp3) is 1.00. The topological polar surface area (TPSA) is 46.2 Å². The average molecular weight is 153 g/mol. The van der Waals surface area contributed by atoms with Crippen molar-refractivity contribution < 1.29 is 38.0 Å². The van der Waals surface area contributed by atoms with Crippen LogP contribution in [0.5, 0.6) is 0 Å². The Labute approximate surface area is 69.9 Å². The molecule has 0 rings (SSSR count). The van der Waals surface area contributed by atoms with Crippen LogP contribution in [0.3, 0.4) is 0 Å². The van der Waals surface area contributed by atoms with Gasteiger partial charge in [-0.2, -0.15) is 0 Å². The molecule has 1 N–H and O–H groups in total. The molecular formula is CH4ClNNaO2S+. The van der Waals surface area contributed by atoms with Crippen molar-refractivity contribution in [2.75, 3.05) is 6.26 Å². The quantitative estimate of drug-likeness (QED) is 0.316. The van der Waals surface area contributed by atoms with E-state index >= 15 is 0 Å². The molecule has 0 heterocycles. The predicted molar refractivity (Wildman–Crippen MR) is 23.8 cm³/mol. The molecule has 0 atom stereocenters. The maximum Gasteiger partial charge on any atom is 1.00 e. The minimum absolute atomic E-state index is 0. The molecule has 0 radical (unpaired) electrons. The van der Waals surface area contributed by atoms with E-state index in [-0.39, 0.29) is 29.6 Å². The van der Waals surface area contributed by atoms with Crippen LogP contribution in [0.25, 0.3) is 0 Å². The van der Waals surface area contributed by atoms with Gasteiger partial charge < -0.3 is 0 Å².